The van der Waals surface area contributed by atoms with Gasteiger partial charge in [0.15, 0.2) is 0 Å². The molecular formula is C64H43NO. The van der Waals surface area contributed by atoms with Crippen molar-refractivity contribution in [1.82, 2.24) is 0 Å². The Morgan fingerprint density at radius 1 is 0.348 bits per heavy atom. The average molecular weight is 842 g/mol. The molecule has 0 saturated heterocycles. The fourth-order valence-corrected chi connectivity index (χ4v) is 12.3. The first-order valence-electron chi connectivity index (χ1n) is 23.1. The topological polar surface area (TPSA) is 16.4 Å². The van der Waals surface area contributed by atoms with Crippen LogP contribution in [0.25, 0.3) is 77.6 Å². The summed E-state index contributed by atoms with van der Waals surface area (Å²) in [6.07, 6.45) is 0. The highest BCUT2D eigenvalue weighted by Gasteiger charge is 2.51. The number of hydrogen-bond donors (Lipinski definition) is 0. The molecule has 0 aliphatic heterocycles. The summed E-state index contributed by atoms with van der Waals surface area (Å²) in [5.74, 6) is 0. The number of fused-ring (bicyclic) bond motifs is 19. The Kier molecular flexibility index (Phi) is 7.70. The van der Waals surface area contributed by atoms with Crippen molar-refractivity contribution in [3.05, 3.63) is 258 Å². The summed E-state index contributed by atoms with van der Waals surface area (Å²) < 4.78 is 6.64. The molecule has 0 radical (unpaired) electrons. The zero-order valence-corrected chi connectivity index (χ0v) is 36.7. The van der Waals surface area contributed by atoms with Gasteiger partial charge >= 0.3 is 0 Å². The van der Waals surface area contributed by atoms with Gasteiger partial charge in [-0.1, -0.05) is 196 Å². The van der Waals surface area contributed by atoms with E-state index in [9.17, 15) is 0 Å². The van der Waals surface area contributed by atoms with Crippen LogP contribution in [0.1, 0.15) is 47.2 Å². The fraction of sp³-hybridized carbons (Fsp3) is 0.0625. The summed E-state index contributed by atoms with van der Waals surface area (Å²) in [6.45, 7) is 4.75. The predicted molar refractivity (Wildman–Crippen MR) is 273 cm³/mol. The van der Waals surface area contributed by atoms with E-state index in [1.165, 1.54) is 94.4 Å². The first-order valence-corrected chi connectivity index (χ1v) is 23.1. The minimum absolute atomic E-state index is 0.169. The molecule has 0 N–H and O–H groups in total. The second-order valence-corrected chi connectivity index (χ2v) is 18.7. The summed E-state index contributed by atoms with van der Waals surface area (Å²) in [5, 5.41) is 2.31. The maximum atomic E-state index is 6.64. The maximum Gasteiger partial charge on any atom is 0.136 e. The Labute approximate surface area is 384 Å². The van der Waals surface area contributed by atoms with Crippen LogP contribution < -0.4 is 4.90 Å². The van der Waals surface area contributed by atoms with Gasteiger partial charge in [-0.15, -0.1) is 0 Å². The Balaban J connectivity index is 1.11. The van der Waals surface area contributed by atoms with Crippen LogP contribution in [0.4, 0.5) is 17.1 Å². The molecule has 10 aromatic carbocycles. The molecule has 0 saturated carbocycles. The molecule has 2 heteroatoms. The van der Waals surface area contributed by atoms with Crippen LogP contribution in [0.2, 0.25) is 0 Å². The van der Waals surface area contributed by atoms with E-state index in [2.05, 4.69) is 243 Å². The van der Waals surface area contributed by atoms with Crippen LogP contribution in [0.3, 0.4) is 0 Å². The third kappa shape index (κ3) is 4.91. The number of furan rings is 1. The van der Waals surface area contributed by atoms with Crippen LogP contribution in [-0.2, 0) is 10.8 Å². The Hall–Kier alpha value is -8.20. The van der Waals surface area contributed by atoms with Crippen molar-refractivity contribution >= 4 is 39.0 Å². The number of benzene rings is 10. The smallest absolute Gasteiger partial charge is 0.136 e. The van der Waals surface area contributed by atoms with Gasteiger partial charge in [-0.05, 0) is 126 Å². The van der Waals surface area contributed by atoms with Crippen LogP contribution in [0.5, 0.6) is 0 Å². The van der Waals surface area contributed by atoms with E-state index in [0.717, 1.165) is 33.6 Å². The molecule has 1 spiro atoms. The molecule has 3 aliphatic rings. The molecule has 66 heavy (non-hydrogen) atoms. The highest BCUT2D eigenvalue weighted by Crippen LogP contribution is 2.64. The van der Waals surface area contributed by atoms with Crippen LogP contribution in [0, 0.1) is 0 Å². The molecule has 0 bridgehead atoms. The van der Waals surface area contributed by atoms with Gasteiger partial charge in [-0.2, -0.15) is 0 Å². The molecule has 1 heterocycles. The Morgan fingerprint density at radius 3 is 1.59 bits per heavy atom. The lowest BCUT2D eigenvalue weighted by Crippen LogP contribution is -2.29. The number of nitrogens with zero attached hydrogens (tertiary/aromatic N) is 1. The van der Waals surface area contributed by atoms with Gasteiger partial charge in [0.1, 0.15) is 11.2 Å². The Bertz CT molecular complexity index is 3810. The van der Waals surface area contributed by atoms with E-state index in [0.29, 0.717) is 0 Å². The van der Waals surface area contributed by atoms with Gasteiger partial charge in [0, 0.05) is 33.1 Å². The first kappa shape index (κ1) is 37.2. The molecule has 2 nitrogen and oxygen atoms in total. The summed E-state index contributed by atoms with van der Waals surface area (Å²) in [4.78, 5) is 2.52. The monoisotopic (exact) mass is 841 g/mol. The van der Waals surface area contributed by atoms with E-state index in [1.807, 2.05) is 0 Å². The van der Waals surface area contributed by atoms with Gasteiger partial charge in [0.05, 0.1) is 11.1 Å². The van der Waals surface area contributed by atoms with Crippen molar-refractivity contribution in [2.24, 2.45) is 0 Å². The Morgan fingerprint density at radius 2 is 0.864 bits per heavy atom. The lowest BCUT2D eigenvalue weighted by Gasteiger charge is -2.37. The van der Waals surface area contributed by atoms with Gasteiger partial charge in [0.2, 0.25) is 0 Å². The molecule has 1 unspecified atom stereocenters. The van der Waals surface area contributed by atoms with Gasteiger partial charge in [0.25, 0.3) is 0 Å². The highest BCUT2D eigenvalue weighted by molar-refractivity contribution is 6.16. The normalized spacial score (nSPS) is 15.6. The highest BCUT2D eigenvalue weighted by atomic mass is 16.3. The lowest BCUT2D eigenvalue weighted by atomic mass is 9.65. The summed E-state index contributed by atoms with van der Waals surface area (Å²) in [7, 11) is 0. The van der Waals surface area contributed by atoms with E-state index in [-0.39, 0.29) is 5.41 Å². The van der Waals surface area contributed by atoms with Crippen LogP contribution >= 0.6 is 0 Å². The maximum absolute atomic E-state index is 6.64. The number of hydrogen-bond acceptors (Lipinski definition) is 2. The zero-order valence-electron chi connectivity index (χ0n) is 36.7. The lowest BCUT2D eigenvalue weighted by molar-refractivity contribution is 0.660. The van der Waals surface area contributed by atoms with Crippen molar-refractivity contribution in [2.45, 2.75) is 24.7 Å². The largest absolute Gasteiger partial charge is 0.456 e. The molecule has 1 aromatic heterocycles. The third-order valence-electron chi connectivity index (χ3n) is 15.1. The molecule has 0 amide bonds. The zero-order chi connectivity index (χ0) is 43.7. The summed E-state index contributed by atoms with van der Waals surface area (Å²) in [5.41, 5.74) is 24.5. The SMILES string of the molecule is CC1(C)c2ccccc2-c2ccc(N(c3ccc4c(c3)C3(c5ccccc5-c5ccccc5-4)c4ccccc4-c4c3ccc3oc5ccccc5c43)c3ccccc3-c3ccccc3)cc21. The summed E-state index contributed by atoms with van der Waals surface area (Å²) >= 11 is 0. The minimum Gasteiger partial charge on any atom is -0.456 e. The molecule has 3 aliphatic carbocycles. The van der Waals surface area contributed by atoms with Crippen molar-refractivity contribution in [3.63, 3.8) is 0 Å². The quantitative estimate of drug-likeness (QED) is 0.176. The predicted octanol–water partition coefficient (Wildman–Crippen LogP) is 17.0. The average Bonchev–Trinajstić information content (AvgIpc) is 3.95. The van der Waals surface area contributed by atoms with E-state index < -0.39 is 5.41 Å². The molecular weight excluding hydrogens is 799 g/mol. The molecule has 1 atom stereocenters. The first-order chi connectivity index (χ1) is 32.5. The van der Waals surface area contributed by atoms with Gasteiger partial charge < -0.3 is 9.32 Å². The number of para-hydroxylation sites is 2. The second-order valence-electron chi connectivity index (χ2n) is 18.7. The molecule has 310 valence electrons. The standard InChI is InChI=1S/C64H43NO/c1-63(2)52-27-13-8-24-47(52)49-35-33-41(38-56(49)63)65(58-30-16-11-20-43(58)40-18-4-3-5-19-40)42-32-34-48-45-22-7-6-21-44(45)46-23-9-14-28-53(46)64(57(48)39-42)54-29-15-10-25-50(54)61-55(64)36-37-60-62(61)51-26-12-17-31-59(51)66-60/h3-39H,1-2H3. The molecule has 0 fully saturated rings. The van der Waals surface area contributed by atoms with Crippen molar-refractivity contribution in [2.75, 3.05) is 4.90 Å². The molecule has 11 aromatic rings. The van der Waals surface area contributed by atoms with E-state index in [1.54, 1.807) is 0 Å². The fourth-order valence-electron chi connectivity index (χ4n) is 12.3. The third-order valence-corrected chi connectivity index (χ3v) is 15.1. The van der Waals surface area contributed by atoms with Crippen LogP contribution in [0.15, 0.2) is 229 Å². The van der Waals surface area contributed by atoms with E-state index in [4.69, 9.17) is 4.42 Å². The number of anilines is 3. The van der Waals surface area contributed by atoms with Gasteiger partial charge in [-0.25, -0.2) is 0 Å². The van der Waals surface area contributed by atoms with Crippen molar-refractivity contribution in [3.8, 4) is 55.6 Å². The summed E-state index contributed by atoms with van der Waals surface area (Å²) in [6, 6.07) is 83.6. The van der Waals surface area contributed by atoms with Crippen LogP contribution in [-0.4, -0.2) is 0 Å². The minimum atomic E-state index is -0.689. The van der Waals surface area contributed by atoms with E-state index >= 15 is 0 Å². The molecule has 14 rings (SSSR count). The second kappa shape index (κ2) is 13.7. The van der Waals surface area contributed by atoms with Gasteiger partial charge in [-0.3, -0.25) is 0 Å². The number of rotatable bonds is 4. The van der Waals surface area contributed by atoms with Crippen molar-refractivity contribution in [1.29, 1.82) is 0 Å². The van der Waals surface area contributed by atoms with Crippen molar-refractivity contribution < 1.29 is 4.42 Å².